The average Bonchev–Trinajstić information content (AvgIpc) is 3.19. The molecule has 0 bridgehead atoms. The van der Waals surface area contributed by atoms with Crippen molar-refractivity contribution in [1.29, 1.82) is 0 Å². The number of hydrogen-bond donors (Lipinski definition) is 2. The van der Waals surface area contributed by atoms with Crippen molar-refractivity contribution < 1.29 is 14.2 Å². The first-order valence-corrected chi connectivity index (χ1v) is 10.6. The van der Waals surface area contributed by atoms with Gasteiger partial charge in [0.1, 0.15) is 0 Å². The maximum atomic E-state index is 5.71. The summed E-state index contributed by atoms with van der Waals surface area (Å²) in [7, 11) is 1.83. The third kappa shape index (κ3) is 10.6. The quantitative estimate of drug-likeness (QED) is 0.191. The Bertz CT molecular complexity index is 414. The molecule has 2 fully saturated rings. The standard InChI is InChI=1S/C20H40N4O3.HI/c1-17(2)14-18(24-8-12-25-13-9-24)15-23-20(21-3)22-7-5-10-26-16-19-6-4-11-27-19;/h17-19H,4-16H2,1-3H3,(H2,21,22,23);1H. The van der Waals surface area contributed by atoms with Crippen molar-refractivity contribution in [2.24, 2.45) is 10.9 Å². The summed E-state index contributed by atoms with van der Waals surface area (Å²) >= 11 is 0. The molecule has 2 heterocycles. The lowest BCUT2D eigenvalue weighted by molar-refractivity contribution is 0.0132. The van der Waals surface area contributed by atoms with Crippen LogP contribution in [0.2, 0.25) is 0 Å². The van der Waals surface area contributed by atoms with E-state index in [-0.39, 0.29) is 24.0 Å². The number of morpholine rings is 1. The number of guanidine groups is 1. The number of ether oxygens (including phenoxy) is 3. The first-order chi connectivity index (χ1) is 13.2. The molecule has 166 valence electrons. The number of aliphatic imine (C=N–C) groups is 1. The van der Waals surface area contributed by atoms with Gasteiger partial charge in [-0.2, -0.15) is 0 Å². The fourth-order valence-electron chi connectivity index (χ4n) is 3.65. The molecule has 8 heteroatoms. The van der Waals surface area contributed by atoms with Crippen LogP contribution in [-0.4, -0.2) is 89.3 Å². The van der Waals surface area contributed by atoms with Gasteiger partial charge in [-0.3, -0.25) is 9.89 Å². The minimum Gasteiger partial charge on any atom is -0.379 e. The smallest absolute Gasteiger partial charge is 0.191 e. The van der Waals surface area contributed by atoms with E-state index in [0.29, 0.717) is 18.1 Å². The first kappa shape index (κ1) is 25.9. The summed E-state index contributed by atoms with van der Waals surface area (Å²) in [6, 6.07) is 0.516. The normalized spacial score (nSPS) is 22.1. The van der Waals surface area contributed by atoms with Crippen molar-refractivity contribution in [2.75, 3.05) is 66.3 Å². The number of hydrogen-bond acceptors (Lipinski definition) is 5. The average molecular weight is 512 g/mol. The highest BCUT2D eigenvalue weighted by atomic mass is 127. The maximum Gasteiger partial charge on any atom is 0.191 e. The number of rotatable bonds is 11. The van der Waals surface area contributed by atoms with Crippen molar-refractivity contribution in [1.82, 2.24) is 15.5 Å². The van der Waals surface area contributed by atoms with Gasteiger partial charge in [-0.25, -0.2) is 0 Å². The molecular formula is C20H41IN4O3. The minimum absolute atomic E-state index is 0. The summed E-state index contributed by atoms with van der Waals surface area (Å²) in [4.78, 5) is 6.90. The lowest BCUT2D eigenvalue weighted by atomic mass is 10.0. The molecular weight excluding hydrogens is 471 g/mol. The van der Waals surface area contributed by atoms with Crippen LogP contribution < -0.4 is 10.6 Å². The van der Waals surface area contributed by atoms with E-state index in [1.54, 1.807) is 0 Å². The van der Waals surface area contributed by atoms with Crippen LogP contribution in [0.1, 0.15) is 39.5 Å². The molecule has 0 aliphatic carbocycles. The van der Waals surface area contributed by atoms with Gasteiger partial charge in [0.15, 0.2) is 5.96 Å². The summed E-state index contributed by atoms with van der Waals surface area (Å²) in [5.74, 6) is 1.55. The van der Waals surface area contributed by atoms with Gasteiger partial charge in [-0.05, 0) is 31.6 Å². The lowest BCUT2D eigenvalue weighted by Gasteiger charge is -2.35. The zero-order valence-corrected chi connectivity index (χ0v) is 20.3. The Hall–Kier alpha value is -0.160. The Balaban J connectivity index is 0.00000392. The van der Waals surface area contributed by atoms with E-state index in [1.807, 2.05) is 7.05 Å². The van der Waals surface area contributed by atoms with E-state index < -0.39 is 0 Å². The molecule has 2 rings (SSSR count). The molecule has 7 nitrogen and oxygen atoms in total. The molecule has 28 heavy (non-hydrogen) atoms. The van der Waals surface area contributed by atoms with Gasteiger partial charge < -0.3 is 24.8 Å². The van der Waals surface area contributed by atoms with E-state index in [4.69, 9.17) is 14.2 Å². The number of nitrogens with zero attached hydrogens (tertiary/aromatic N) is 2. The van der Waals surface area contributed by atoms with Crippen molar-refractivity contribution >= 4 is 29.9 Å². The van der Waals surface area contributed by atoms with Gasteiger partial charge in [-0.1, -0.05) is 13.8 Å². The molecule has 0 aromatic rings. The van der Waals surface area contributed by atoms with Crippen molar-refractivity contribution in [3.05, 3.63) is 0 Å². The highest BCUT2D eigenvalue weighted by Crippen LogP contribution is 2.13. The van der Waals surface area contributed by atoms with E-state index in [0.717, 1.165) is 78.0 Å². The highest BCUT2D eigenvalue weighted by molar-refractivity contribution is 14.0. The van der Waals surface area contributed by atoms with Gasteiger partial charge >= 0.3 is 0 Å². The molecule has 2 saturated heterocycles. The second-order valence-corrected chi connectivity index (χ2v) is 7.88. The zero-order valence-electron chi connectivity index (χ0n) is 18.0. The van der Waals surface area contributed by atoms with Gasteiger partial charge in [0.25, 0.3) is 0 Å². The van der Waals surface area contributed by atoms with Crippen molar-refractivity contribution in [3.63, 3.8) is 0 Å². The van der Waals surface area contributed by atoms with E-state index in [9.17, 15) is 0 Å². The lowest BCUT2D eigenvalue weighted by Crippen LogP contribution is -2.51. The Morgan fingerprint density at radius 2 is 2.00 bits per heavy atom. The van der Waals surface area contributed by atoms with Crippen LogP contribution >= 0.6 is 24.0 Å². The summed E-state index contributed by atoms with van der Waals surface area (Å²) < 4.78 is 16.8. The van der Waals surface area contributed by atoms with Crippen LogP contribution in [0.25, 0.3) is 0 Å². The molecule has 0 radical (unpaired) electrons. The third-order valence-electron chi connectivity index (χ3n) is 5.12. The molecule has 2 unspecified atom stereocenters. The fraction of sp³-hybridized carbons (Fsp3) is 0.950. The summed E-state index contributed by atoms with van der Waals surface area (Å²) in [5, 5.41) is 6.90. The predicted octanol–water partition coefficient (Wildman–Crippen LogP) is 2.10. The van der Waals surface area contributed by atoms with Crippen LogP contribution in [0.5, 0.6) is 0 Å². The van der Waals surface area contributed by atoms with Crippen LogP contribution in [0.4, 0.5) is 0 Å². The Morgan fingerprint density at radius 1 is 1.21 bits per heavy atom. The molecule has 0 amide bonds. The SMILES string of the molecule is CN=C(NCCCOCC1CCCO1)NCC(CC(C)C)N1CCOCC1.I. The van der Waals surface area contributed by atoms with E-state index in [2.05, 4.69) is 34.4 Å². The zero-order chi connectivity index (χ0) is 19.3. The second kappa shape index (κ2) is 15.6. The Kier molecular flexibility index (Phi) is 14.5. The maximum absolute atomic E-state index is 5.71. The molecule has 0 saturated carbocycles. The van der Waals surface area contributed by atoms with E-state index in [1.165, 1.54) is 12.8 Å². The first-order valence-electron chi connectivity index (χ1n) is 10.6. The molecule has 2 N–H and O–H groups in total. The van der Waals surface area contributed by atoms with Crippen molar-refractivity contribution in [2.45, 2.75) is 51.7 Å². The molecule has 2 aliphatic heterocycles. The highest BCUT2D eigenvalue weighted by Gasteiger charge is 2.22. The predicted molar refractivity (Wildman–Crippen MR) is 125 cm³/mol. The van der Waals surface area contributed by atoms with Crippen LogP contribution in [0.3, 0.4) is 0 Å². The summed E-state index contributed by atoms with van der Waals surface area (Å²) in [5.41, 5.74) is 0. The summed E-state index contributed by atoms with van der Waals surface area (Å²) in [6.07, 6.45) is 4.76. The van der Waals surface area contributed by atoms with Crippen LogP contribution in [0, 0.1) is 5.92 Å². The molecule has 0 aromatic heterocycles. The fourth-order valence-corrected chi connectivity index (χ4v) is 3.65. The Labute approximate surface area is 188 Å². The molecule has 0 aromatic carbocycles. The van der Waals surface area contributed by atoms with Gasteiger partial charge in [-0.15, -0.1) is 24.0 Å². The van der Waals surface area contributed by atoms with Crippen LogP contribution in [0.15, 0.2) is 4.99 Å². The van der Waals surface area contributed by atoms with Crippen LogP contribution in [-0.2, 0) is 14.2 Å². The number of nitrogens with one attached hydrogen (secondary N) is 2. The van der Waals surface area contributed by atoms with Gasteiger partial charge in [0.05, 0.1) is 25.9 Å². The second-order valence-electron chi connectivity index (χ2n) is 7.88. The largest absolute Gasteiger partial charge is 0.379 e. The molecule has 2 aliphatic rings. The van der Waals surface area contributed by atoms with Crippen molar-refractivity contribution in [3.8, 4) is 0 Å². The Morgan fingerprint density at radius 3 is 2.64 bits per heavy atom. The summed E-state index contributed by atoms with van der Waals surface area (Å²) in [6.45, 7) is 12.4. The number of halogens is 1. The molecule has 2 atom stereocenters. The monoisotopic (exact) mass is 512 g/mol. The topological polar surface area (TPSA) is 67.4 Å². The van der Waals surface area contributed by atoms with Gasteiger partial charge in [0.2, 0.25) is 0 Å². The third-order valence-corrected chi connectivity index (χ3v) is 5.12. The molecule has 0 spiro atoms. The van der Waals surface area contributed by atoms with Gasteiger partial charge in [0, 0.05) is 52.5 Å². The van der Waals surface area contributed by atoms with E-state index >= 15 is 0 Å². The minimum atomic E-state index is 0.